The summed E-state index contributed by atoms with van der Waals surface area (Å²) in [5, 5.41) is 12.1. The third-order valence-electron chi connectivity index (χ3n) is 3.09. The molecule has 1 amide bonds. The molecule has 1 aliphatic heterocycles. The quantitative estimate of drug-likeness (QED) is 0.848. The number of hydrogen-bond acceptors (Lipinski definition) is 3. The van der Waals surface area contributed by atoms with Crippen molar-refractivity contribution in [2.24, 2.45) is 0 Å². The summed E-state index contributed by atoms with van der Waals surface area (Å²) in [6.45, 7) is 3.29. The molecule has 1 aromatic carbocycles. The van der Waals surface area contributed by atoms with Crippen molar-refractivity contribution >= 4 is 11.6 Å². The van der Waals surface area contributed by atoms with Crippen LogP contribution in [0.1, 0.15) is 12.0 Å². The Labute approximate surface area is 105 Å². The van der Waals surface area contributed by atoms with Crippen LogP contribution in [0.2, 0.25) is 0 Å². The minimum absolute atomic E-state index is 0.183. The second kappa shape index (κ2) is 5.46. The van der Waals surface area contributed by atoms with Crippen molar-refractivity contribution in [1.29, 1.82) is 0 Å². The van der Waals surface area contributed by atoms with Crippen LogP contribution in [-0.4, -0.2) is 41.7 Å². The summed E-state index contributed by atoms with van der Waals surface area (Å²) < 4.78 is 13.1. The predicted octanol–water partition coefficient (Wildman–Crippen LogP) is 1.14. The fraction of sp³-hybridized carbons (Fsp3) is 0.462. The number of benzene rings is 1. The molecule has 1 fully saturated rings. The number of halogens is 1. The van der Waals surface area contributed by atoms with Crippen LogP contribution < -0.4 is 5.32 Å². The first-order valence-electron chi connectivity index (χ1n) is 6.01. The van der Waals surface area contributed by atoms with Crippen LogP contribution in [0.4, 0.5) is 10.1 Å². The smallest absolute Gasteiger partial charge is 0.238 e. The number of carbonyl (C=O) groups excluding carboxylic acids is 1. The molecule has 1 saturated heterocycles. The zero-order chi connectivity index (χ0) is 13.1. The minimum atomic E-state index is -0.368. The molecule has 0 spiro atoms. The van der Waals surface area contributed by atoms with Gasteiger partial charge in [-0.05, 0) is 31.0 Å². The maximum absolute atomic E-state index is 13.1. The Hall–Kier alpha value is -1.46. The van der Waals surface area contributed by atoms with E-state index in [1.807, 2.05) is 11.8 Å². The number of hydrogen-bond donors (Lipinski definition) is 2. The van der Waals surface area contributed by atoms with Crippen LogP contribution in [0, 0.1) is 12.7 Å². The molecule has 98 valence electrons. The molecule has 0 aromatic heterocycles. The van der Waals surface area contributed by atoms with Crippen molar-refractivity contribution in [2.75, 3.05) is 25.0 Å². The molecule has 2 rings (SSSR count). The molecule has 0 bridgehead atoms. The Bertz CT molecular complexity index is 451. The highest BCUT2D eigenvalue weighted by molar-refractivity contribution is 5.92. The van der Waals surface area contributed by atoms with Gasteiger partial charge in [0.2, 0.25) is 5.91 Å². The number of anilines is 1. The summed E-state index contributed by atoms with van der Waals surface area (Å²) in [5.74, 6) is -0.551. The van der Waals surface area contributed by atoms with E-state index >= 15 is 0 Å². The van der Waals surface area contributed by atoms with Crippen LogP contribution >= 0.6 is 0 Å². The van der Waals surface area contributed by atoms with Gasteiger partial charge in [0, 0.05) is 18.8 Å². The van der Waals surface area contributed by atoms with Crippen LogP contribution in [0.3, 0.4) is 0 Å². The van der Waals surface area contributed by atoms with E-state index in [9.17, 15) is 14.3 Å². The summed E-state index contributed by atoms with van der Waals surface area (Å²) in [6.07, 6.45) is 0.362. The maximum Gasteiger partial charge on any atom is 0.238 e. The molecule has 0 aliphatic carbocycles. The highest BCUT2D eigenvalue weighted by Crippen LogP contribution is 2.16. The van der Waals surface area contributed by atoms with Gasteiger partial charge in [-0.25, -0.2) is 4.39 Å². The topological polar surface area (TPSA) is 52.6 Å². The van der Waals surface area contributed by atoms with Crippen molar-refractivity contribution in [3.05, 3.63) is 29.6 Å². The van der Waals surface area contributed by atoms with Gasteiger partial charge in [-0.15, -0.1) is 0 Å². The Morgan fingerprint density at radius 1 is 1.61 bits per heavy atom. The lowest BCUT2D eigenvalue weighted by Crippen LogP contribution is -2.32. The number of carbonyl (C=O) groups is 1. The Morgan fingerprint density at radius 3 is 3.06 bits per heavy atom. The van der Waals surface area contributed by atoms with Crippen molar-refractivity contribution in [3.63, 3.8) is 0 Å². The number of rotatable bonds is 3. The molecule has 2 N–H and O–H groups in total. The minimum Gasteiger partial charge on any atom is -0.392 e. The zero-order valence-electron chi connectivity index (χ0n) is 10.3. The van der Waals surface area contributed by atoms with Gasteiger partial charge in [0.15, 0.2) is 0 Å². The van der Waals surface area contributed by atoms with Crippen LogP contribution in [-0.2, 0) is 4.79 Å². The van der Waals surface area contributed by atoms with Gasteiger partial charge in [0.1, 0.15) is 5.82 Å². The van der Waals surface area contributed by atoms with Crippen LogP contribution in [0.5, 0.6) is 0 Å². The summed E-state index contributed by atoms with van der Waals surface area (Å²) in [5.41, 5.74) is 1.32. The molecule has 1 heterocycles. The Balaban J connectivity index is 1.92. The molecule has 0 radical (unpaired) electrons. The molecule has 1 atom stereocenters. The van der Waals surface area contributed by atoms with Crippen LogP contribution in [0.25, 0.3) is 0 Å². The van der Waals surface area contributed by atoms with E-state index in [0.29, 0.717) is 18.7 Å². The molecule has 1 unspecified atom stereocenters. The second-order valence-electron chi connectivity index (χ2n) is 4.69. The molecule has 5 heteroatoms. The second-order valence-corrected chi connectivity index (χ2v) is 4.69. The highest BCUT2D eigenvalue weighted by atomic mass is 19.1. The van der Waals surface area contributed by atoms with Gasteiger partial charge in [0.25, 0.3) is 0 Å². The number of nitrogens with zero attached hydrogens (tertiary/aromatic N) is 1. The molecular formula is C13H17FN2O2. The SMILES string of the molecule is Cc1ccc(F)cc1NC(=O)CN1CCC(O)C1. The Morgan fingerprint density at radius 2 is 2.39 bits per heavy atom. The fourth-order valence-electron chi connectivity index (χ4n) is 2.08. The predicted molar refractivity (Wildman–Crippen MR) is 66.8 cm³/mol. The van der Waals surface area contributed by atoms with E-state index in [-0.39, 0.29) is 24.4 Å². The number of nitrogens with one attached hydrogen (secondary N) is 1. The molecule has 18 heavy (non-hydrogen) atoms. The standard InChI is InChI=1S/C13H17FN2O2/c1-9-2-3-10(14)6-12(9)15-13(18)8-16-5-4-11(17)7-16/h2-3,6,11,17H,4-5,7-8H2,1H3,(H,15,18). The fourth-order valence-corrected chi connectivity index (χ4v) is 2.08. The number of aliphatic hydroxyl groups excluding tert-OH is 1. The van der Waals surface area contributed by atoms with E-state index in [1.54, 1.807) is 6.07 Å². The van der Waals surface area contributed by atoms with Crippen molar-refractivity contribution in [2.45, 2.75) is 19.4 Å². The molecule has 0 saturated carbocycles. The van der Waals surface area contributed by atoms with Crippen molar-refractivity contribution < 1.29 is 14.3 Å². The van der Waals surface area contributed by atoms with Crippen molar-refractivity contribution in [3.8, 4) is 0 Å². The molecule has 1 aromatic rings. The highest BCUT2D eigenvalue weighted by Gasteiger charge is 2.22. The summed E-state index contributed by atoms with van der Waals surface area (Å²) >= 11 is 0. The lowest BCUT2D eigenvalue weighted by atomic mass is 10.2. The maximum atomic E-state index is 13.1. The third kappa shape index (κ3) is 3.27. The van der Waals surface area contributed by atoms with Gasteiger partial charge in [-0.1, -0.05) is 6.07 Å². The number of aryl methyl sites for hydroxylation is 1. The summed E-state index contributed by atoms with van der Waals surface area (Å²) in [6, 6.07) is 4.30. The number of amides is 1. The van der Waals surface area contributed by atoms with Crippen molar-refractivity contribution in [1.82, 2.24) is 4.90 Å². The average Bonchev–Trinajstić information content (AvgIpc) is 2.69. The van der Waals surface area contributed by atoms with E-state index in [1.165, 1.54) is 12.1 Å². The zero-order valence-corrected chi connectivity index (χ0v) is 10.3. The lowest BCUT2D eigenvalue weighted by Gasteiger charge is -2.15. The summed E-state index contributed by atoms with van der Waals surface area (Å²) in [7, 11) is 0. The number of likely N-dealkylation sites (tertiary alicyclic amines) is 1. The van der Waals surface area contributed by atoms with Gasteiger partial charge in [-0.3, -0.25) is 9.69 Å². The molecular weight excluding hydrogens is 235 g/mol. The van der Waals surface area contributed by atoms with Gasteiger partial charge >= 0.3 is 0 Å². The monoisotopic (exact) mass is 252 g/mol. The summed E-state index contributed by atoms with van der Waals surface area (Å²) in [4.78, 5) is 13.7. The molecule has 4 nitrogen and oxygen atoms in total. The first-order valence-corrected chi connectivity index (χ1v) is 6.01. The van der Waals surface area contributed by atoms with E-state index < -0.39 is 0 Å². The number of aliphatic hydroxyl groups is 1. The van der Waals surface area contributed by atoms with Gasteiger partial charge < -0.3 is 10.4 Å². The van der Waals surface area contributed by atoms with E-state index in [0.717, 1.165) is 12.1 Å². The van der Waals surface area contributed by atoms with Crippen LogP contribution in [0.15, 0.2) is 18.2 Å². The third-order valence-corrected chi connectivity index (χ3v) is 3.09. The first-order chi connectivity index (χ1) is 8.54. The number of β-amino-alcohol motifs (C(OH)–C–C–N with tert-alkyl or cyclic N) is 1. The van der Waals surface area contributed by atoms with Gasteiger partial charge in [0.05, 0.1) is 12.6 Å². The first kappa shape index (κ1) is 13.0. The average molecular weight is 252 g/mol. The normalized spacial score (nSPS) is 20.1. The van der Waals surface area contributed by atoms with E-state index in [2.05, 4.69) is 5.32 Å². The Kier molecular flexibility index (Phi) is 3.93. The lowest BCUT2D eigenvalue weighted by molar-refractivity contribution is -0.117. The molecule has 1 aliphatic rings. The van der Waals surface area contributed by atoms with Gasteiger partial charge in [-0.2, -0.15) is 0 Å². The van der Waals surface area contributed by atoms with E-state index in [4.69, 9.17) is 0 Å². The largest absolute Gasteiger partial charge is 0.392 e.